The monoisotopic (exact) mass is 386 g/mol. The SMILES string of the molecule is CCNC(=NCc1ccc(OC)c(O)c1)N1CCN(c2ccccc2F)CC1. The Balaban J connectivity index is 1.65. The maximum Gasteiger partial charge on any atom is 0.194 e. The van der Waals surface area contributed by atoms with E-state index in [4.69, 9.17) is 9.73 Å². The van der Waals surface area contributed by atoms with Crippen LogP contribution in [0.2, 0.25) is 0 Å². The molecule has 1 aliphatic rings. The van der Waals surface area contributed by atoms with Gasteiger partial charge in [-0.05, 0) is 36.8 Å². The number of halogens is 1. The molecule has 0 saturated carbocycles. The van der Waals surface area contributed by atoms with Crippen LogP contribution < -0.4 is 15.0 Å². The average molecular weight is 386 g/mol. The largest absolute Gasteiger partial charge is 0.504 e. The molecule has 1 heterocycles. The number of piperazine rings is 1. The van der Waals surface area contributed by atoms with Gasteiger partial charge in [-0.3, -0.25) is 0 Å². The number of para-hydroxylation sites is 1. The lowest BCUT2D eigenvalue weighted by molar-refractivity contribution is 0.370. The molecule has 3 rings (SSSR count). The van der Waals surface area contributed by atoms with Crippen LogP contribution in [0.1, 0.15) is 12.5 Å². The van der Waals surface area contributed by atoms with E-state index in [1.54, 1.807) is 18.2 Å². The minimum atomic E-state index is -0.184. The number of nitrogens with one attached hydrogen (secondary N) is 1. The quantitative estimate of drug-likeness (QED) is 0.611. The van der Waals surface area contributed by atoms with E-state index in [0.717, 1.165) is 44.2 Å². The number of rotatable bonds is 5. The Kier molecular flexibility index (Phi) is 6.57. The van der Waals surface area contributed by atoms with E-state index >= 15 is 0 Å². The zero-order chi connectivity index (χ0) is 19.9. The molecule has 7 heteroatoms. The number of ether oxygens (including phenoxy) is 1. The van der Waals surface area contributed by atoms with Gasteiger partial charge in [-0.15, -0.1) is 0 Å². The minimum Gasteiger partial charge on any atom is -0.504 e. The van der Waals surface area contributed by atoms with Crippen molar-refractivity contribution in [2.45, 2.75) is 13.5 Å². The van der Waals surface area contributed by atoms with E-state index < -0.39 is 0 Å². The molecule has 0 atom stereocenters. The zero-order valence-corrected chi connectivity index (χ0v) is 16.4. The summed E-state index contributed by atoms with van der Waals surface area (Å²) in [5.41, 5.74) is 1.55. The standard InChI is InChI=1S/C21H27FN4O2/c1-3-23-21(24-15-16-8-9-20(28-2)19(27)14-16)26-12-10-25(11-13-26)18-7-5-4-6-17(18)22/h4-9,14,27H,3,10-13,15H2,1-2H3,(H,23,24). The molecule has 0 radical (unpaired) electrons. The molecule has 150 valence electrons. The predicted molar refractivity (Wildman–Crippen MR) is 110 cm³/mol. The van der Waals surface area contributed by atoms with Crippen LogP contribution in [-0.4, -0.2) is 55.8 Å². The first-order valence-electron chi connectivity index (χ1n) is 9.51. The molecule has 1 aliphatic heterocycles. The van der Waals surface area contributed by atoms with Crippen LogP contribution in [0.4, 0.5) is 10.1 Å². The van der Waals surface area contributed by atoms with Gasteiger partial charge in [0, 0.05) is 32.7 Å². The molecule has 0 aromatic heterocycles. The van der Waals surface area contributed by atoms with Crippen LogP contribution >= 0.6 is 0 Å². The van der Waals surface area contributed by atoms with Crippen molar-refractivity contribution in [3.63, 3.8) is 0 Å². The van der Waals surface area contributed by atoms with Crippen LogP contribution in [-0.2, 0) is 6.54 Å². The first kappa shape index (κ1) is 19.8. The number of phenolic OH excluding ortho intramolecular Hbond substituents is 1. The molecular weight excluding hydrogens is 359 g/mol. The smallest absolute Gasteiger partial charge is 0.194 e. The summed E-state index contributed by atoms with van der Waals surface area (Å²) in [5, 5.41) is 13.3. The second kappa shape index (κ2) is 9.30. The molecule has 0 unspecified atom stereocenters. The number of benzene rings is 2. The van der Waals surface area contributed by atoms with Gasteiger partial charge in [0.2, 0.25) is 0 Å². The zero-order valence-electron chi connectivity index (χ0n) is 16.4. The molecule has 6 nitrogen and oxygen atoms in total. The molecule has 2 aromatic rings. The number of anilines is 1. The van der Waals surface area contributed by atoms with Gasteiger partial charge < -0.3 is 25.0 Å². The Morgan fingerprint density at radius 2 is 1.93 bits per heavy atom. The Labute approximate surface area is 165 Å². The average Bonchev–Trinajstić information content (AvgIpc) is 2.72. The maximum atomic E-state index is 14.0. The highest BCUT2D eigenvalue weighted by Crippen LogP contribution is 2.26. The van der Waals surface area contributed by atoms with Crippen LogP contribution in [0.5, 0.6) is 11.5 Å². The Bertz CT molecular complexity index is 820. The van der Waals surface area contributed by atoms with E-state index in [1.807, 2.05) is 25.1 Å². The van der Waals surface area contributed by atoms with Crippen molar-refractivity contribution in [1.29, 1.82) is 0 Å². The minimum absolute atomic E-state index is 0.110. The van der Waals surface area contributed by atoms with Gasteiger partial charge in [-0.2, -0.15) is 0 Å². The number of hydrogen-bond donors (Lipinski definition) is 2. The molecule has 2 N–H and O–H groups in total. The van der Waals surface area contributed by atoms with E-state index in [-0.39, 0.29) is 11.6 Å². The number of methoxy groups -OCH3 is 1. The lowest BCUT2D eigenvalue weighted by Crippen LogP contribution is -2.52. The molecule has 0 amide bonds. The maximum absolute atomic E-state index is 14.0. The molecule has 28 heavy (non-hydrogen) atoms. The highest BCUT2D eigenvalue weighted by atomic mass is 19.1. The predicted octanol–water partition coefficient (Wildman–Crippen LogP) is 2.83. The fourth-order valence-electron chi connectivity index (χ4n) is 3.29. The summed E-state index contributed by atoms with van der Waals surface area (Å²) in [6.07, 6.45) is 0. The van der Waals surface area contributed by atoms with Crippen molar-refractivity contribution in [1.82, 2.24) is 10.2 Å². The Hall–Kier alpha value is -2.96. The van der Waals surface area contributed by atoms with Crippen LogP contribution in [0, 0.1) is 5.82 Å². The molecule has 0 aliphatic carbocycles. The summed E-state index contributed by atoms with van der Waals surface area (Å²) < 4.78 is 19.1. The fourth-order valence-corrected chi connectivity index (χ4v) is 3.29. The number of guanidine groups is 1. The number of nitrogens with zero attached hydrogens (tertiary/aromatic N) is 3. The van der Waals surface area contributed by atoms with Crippen LogP contribution in [0.15, 0.2) is 47.5 Å². The summed E-state index contributed by atoms with van der Waals surface area (Å²) in [5.74, 6) is 1.20. The summed E-state index contributed by atoms with van der Waals surface area (Å²) in [6, 6.07) is 12.2. The molecule has 2 aromatic carbocycles. The number of hydrogen-bond acceptors (Lipinski definition) is 4. The van der Waals surface area contributed by atoms with Gasteiger partial charge in [0.1, 0.15) is 5.82 Å². The lowest BCUT2D eigenvalue weighted by Gasteiger charge is -2.37. The van der Waals surface area contributed by atoms with Gasteiger partial charge >= 0.3 is 0 Å². The normalized spacial score (nSPS) is 14.9. The summed E-state index contributed by atoms with van der Waals surface area (Å²) in [4.78, 5) is 8.96. The highest BCUT2D eigenvalue weighted by Gasteiger charge is 2.21. The summed E-state index contributed by atoms with van der Waals surface area (Å²) in [6.45, 7) is 6.23. The third kappa shape index (κ3) is 4.65. The molecule has 0 spiro atoms. The highest BCUT2D eigenvalue weighted by molar-refractivity contribution is 5.80. The molecule has 1 saturated heterocycles. The van der Waals surface area contributed by atoms with E-state index in [9.17, 15) is 9.50 Å². The third-order valence-electron chi connectivity index (χ3n) is 4.76. The van der Waals surface area contributed by atoms with Crippen molar-refractivity contribution in [2.24, 2.45) is 4.99 Å². The van der Waals surface area contributed by atoms with Crippen molar-refractivity contribution in [2.75, 3.05) is 44.7 Å². The van der Waals surface area contributed by atoms with Gasteiger partial charge in [0.25, 0.3) is 0 Å². The molecule has 1 fully saturated rings. The second-order valence-corrected chi connectivity index (χ2v) is 6.60. The topological polar surface area (TPSA) is 60.3 Å². The lowest BCUT2D eigenvalue weighted by atomic mass is 10.2. The van der Waals surface area contributed by atoms with Crippen LogP contribution in [0.25, 0.3) is 0 Å². The van der Waals surface area contributed by atoms with E-state index in [2.05, 4.69) is 15.1 Å². The number of aliphatic imine (C=N–C) groups is 1. The van der Waals surface area contributed by atoms with Crippen molar-refractivity contribution >= 4 is 11.6 Å². The van der Waals surface area contributed by atoms with Crippen molar-refractivity contribution in [3.05, 3.63) is 53.8 Å². The third-order valence-corrected chi connectivity index (χ3v) is 4.76. The fraction of sp³-hybridized carbons (Fsp3) is 0.381. The molecule has 0 bridgehead atoms. The summed E-state index contributed by atoms with van der Waals surface area (Å²) in [7, 11) is 1.52. The Morgan fingerprint density at radius 3 is 2.57 bits per heavy atom. The first-order chi connectivity index (χ1) is 13.6. The first-order valence-corrected chi connectivity index (χ1v) is 9.51. The van der Waals surface area contributed by atoms with Gasteiger partial charge in [-0.25, -0.2) is 9.38 Å². The number of phenols is 1. The van der Waals surface area contributed by atoms with E-state index in [1.165, 1.54) is 13.2 Å². The second-order valence-electron chi connectivity index (χ2n) is 6.60. The van der Waals surface area contributed by atoms with Crippen molar-refractivity contribution < 1.29 is 14.2 Å². The van der Waals surface area contributed by atoms with Gasteiger partial charge in [0.05, 0.1) is 19.3 Å². The van der Waals surface area contributed by atoms with Crippen LogP contribution in [0.3, 0.4) is 0 Å². The van der Waals surface area contributed by atoms with Crippen molar-refractivity contribution in [3.8, 4) is 11.5 Å². The van der Waals surface area contributed by atoms with Gasteiger partial charge in [-0.1, -0.05) is 18.2 Å². The Morgan fingerprint density at radius 1 is 1.18 bits per heavy atom. The number of aromatic hydroxyl groups is 1. The van der Waals surface area contributed by atoms with Gasteiger partial charge in [0.15, 0.2) is 17.5 Å². The molecular formula is C21H27FN4O2. The van der Waals surface area contributed by atoms with E-state index in [0.29, 0.717) is 18.0 Å². The summed E-state index contributed by atoms with van der Waals surface area (Å²) >= 11 is 0.